The second-order valence-electron chi connectivity index (χ2n) is 8.27. The van der Waals surface area contributed by atoms with Gasteiger partial charge in [0.1, 0.15) is 17.7 Å². The minimum atomic E-state index is -0.817. The van der Waals surface area contributed by atoms with Gasteiger partial charge in [-0.05, 0) is 59.2 Å². The lowest BCUT2D eigenvalue weighted by molar-refractivity contribution is -0.150. The highest BCUT2D eigenvalue weighted by Gasteiger charge is 2.28. The van der Waals surface area contributed by atoms with Crippen LogP contribution in [0.2, 0.25) is 0 Å². The number of benzene rings is 2. The van der Waals surface area contributed by atoms with E-state index in [4.69, 9.17) is 9.47 Å². The molecule has 5 nitrogen and oxygen atoms in total. The summed E-state index contributed by atoms with van der Waals surface area (Å²) in [7, 11) is 0. The third kappa shape index (κ3) is 7.75. The number of alkyl carbamates (subject to hydrolysis) is 1. The molecule has 0 aliphatic carbocycles. The fraction of sp³-hybridized carbons (Fsp3) is 0.417. The van der Waals surface area contributed by atoms with Crippen LogP contribution in [-0.4, -0.2) is 29.8 Å². The number of nitrogens with one attached hydrogen (secondary N) is 1. The fourth-order valence-electron chi connectivity index (χ4n) is 2.73. The summed E-state index contributed by atoms with van der Waals surface area (Å²) in [5, 5.41) is 2.44. The van der Waals surface area contributed by atoms with Crippen molar-refractivity contribution in [2.24, 2.45) is 0 Å². The molecular weight excluding hydrogens is 398 g/mol. The molecule has 0 aliphatic heterocycles. The van der Waals surface area contributed by atoms with Crippen molar-refractivity contribution in [1.82, 2.24) is 5.32 Å². The van der Waals surface area contributed by atoms with Crippen LogP contribution in [0.3, 0.4) is 0 Å². The van der Waals surface area contributed by atoms with E-state index in [0.29, 0.717) is 0 Å². The first-order valence-electron chi connectivity index (χ1n) is 10.0. The van der Waals surface area contributed by atoms with E-state index >= 15 is 0 Å². The van der Waals surface area contributed by atoms with Crippen molar-refractivity contribution < 1.29 is 19.1 Å². The van der Waals surface area contributed by atoms with Gasteiger partial charge in [-0.2, -0.15) is 0 Å². The smallest absolute Gasteiger partial charge is 0.408 e. The molecule has 0 unspecified atom stereocenters. The Kier molecular flexibility index (Phi) is 8.35. The molecule has 3 atom stereocenters. The molecule has 0 aliphatic rings. The lowest BCUT2D eigenvalue weighted by Crippen LogP contribution is -2.43. The summed E-state index contributed by atoms with van der Waals surface area (Å²) in [5.74, 6) is -0.501. The molecule has 0 aromatic heterocycles. The molecule has 162 valence electrons. The van der Waals surface area contributed by atoms with E-state index in [0.717, 1.165) is 10.5 Å². The highest BCUT2D eigenvalue weighted by atomic mass is 32.2. The van der Waals surface area contributed by atoms with Crippen molar-refractivity contribution in [1.29, 1.82) is 0 Å². The van der Waals surface area contributed by atoms with Crippen LogP contribution in [-0.2, 0) is 14.3 Å². The molecule has 0 spiro atoms. The first kappa shape index (κ1) is 23.8. The topological polar surface area (TPSA) is 64.6 Å². The Hall–Kier alpha value is -2.47. The van der Waals surface area contributed by atoms with Gasteiger partial charge in [0.2, 0.25) is 0 Å². The molecule has 2 aromatic carbocycles. The van der Waals surface area contributed by atoms with Gasteiger partial charge in [-0.15, -0.1) is 11.8 Å². The third-order valence-electron chi connectivity index (χ3n) is 4.23. The number of amides is 1. The average Bonchev–Trinajstić information content (AvgIpc) is 2.66. The molecule has 0 fully saturated rings. The number of ether oxygens (including phenoxy) is 2. The second-order valence-corrected chi connectivity index (χ2v) is 9.49. The molecule has 6 heteroatoms. The number of hydrogen-bond donors (Lipinski definition) is 1. The first-order chi connectivity index (χ1) is 14.0. The number of rotatable bonds is 7. The molecule has 2 rings (SSSR count). The van der Waals surface area contributed by atoms with E-state index in [-0.39, 0.29) is 5.25 Å². The number of hydrogen-bond acceptors (Lipinski definition) is 5. The number of carbonyl (C=O) groups excluding carboxylic acids is 2. The molecule has 2 aromatic rings. The summed E-state index contributed by atoms with van der Waals surface area (Å²) in [6, 6.07) is 17.4. The van der Waals surface area contributed by atoms with Gasteiger partial charge < -0.3 is 14.8 Å². The van der Waals surface area contributed by atoms with Crippen LogP contribution in [0.15, 0.2) is 59.5 Å². The summed E-state index contributed by atoms with van der Waals surface area (Å²) in [6.07, 6.45) is -1.05. The number of carbonyl (C=O) groups is 2. The Morgan fingerprint density at radius 2 is 1.57 bits per heavy atom. The third-order valence-corrected chi connectivity index (χ3v) is 5.68. The summed E-state index contributed by atoms with van der Waals surface area (Å²) in [6.45, 7) is 10.8. The molecule has 1 N–H and O–H groups in total. The summed E-state index contributed by atoms with van der Waals surface area (Å²) < 4.78 is 10.9. The summed E-state index contributed by atoms with van der Waals surface area (Å²) in [4.78, 5) is 25.6. The van der Waals surface area contributed by atoms with Crippen LogP contribution in [0.1, 0.15) is 51.0 Å². The van der Waals surface area contributed by atoms with Crippen molar-refractivity contribution in [2.75, 3.05) is 0 Å². The maximum atomic E-state index is 12.6. The SMILES string of the molecule is Cc1ccc([C@@H](Sc2ccccc2)[C@H](C)OC(=O)[C@H](C)NC(=O)OC(C)(C)C)cc1. The molecule has 0 heterocycles. The Morgan fingerprint density at radius 1 is 0.967 bits per heavy atom. The highest BCUT2D eigenvalue weighted by molar-refractivity contribution is 7.99. The van der Waals surface area contributed by atoms with Crippen molar-refractivity contribution in [3.8, 4) is 0 Å². The Labute approximate surface area is 183 Å². The molecule has 0 saturated carbocycles. The average molecular weight is 430 g/mol. The fourth-order valence-corrected chi connectivity index (χ4v) is 3.87. The van der Waals surface area contributed by atoms with Crippen LogP contribution in [0.5, 0.6) is 0 Å². The standard InChI is InChI=1S/C24H31NO4S/c1-16-12-14-19(15-13-16)21(30-20-10-8-7-9-11-20)18(3)28-22(26)17(2)25-23(27)29-24(4,5)6/h7-15,17-18,21H,1-6H3,(H,25,27)/t17-,18-,21-/m0/s1. The predicted octanol–water partition coefficient (Wildman–Crippen LogP) is 5.67. The Balaban J connectivity index is 2.09. The van der Waals surface area contributed by atoms with Crippen LogP contribution in [0.4, 0.5) is 4.79 Å². The van der Waals surface area contributed by atoms with E-state index in [1.54, 1.807) is 39.5 Å². The maximum absolute atomic E-state index is 12.6. The van der Waals surface area contributed by atoms with Crippen molar-refractivity contribution in [2.45, 2.75) is 69.4 Å². The summed E-state index contributed by atoms with van der Waals surface area (Å²) in [5.41, 5.74) is 1.61. The van der Waals surface area contributed by atoms with Gasteiger partial charge in [-0.25, -0.2) is 9.59 Å². The van der Waals surface area contributed by atoms with Crippen LogP contribution in [0, 0.1) is 6.92 Å². The van der Waals surface area contributed by atoms with E-state index in [1.165, 1.54) is 5.56 Å². The van der Waals surface area contributed by atoms with E-state index < -0.39 is 29.8 Å². The maximum Gasteiger partial charge on any atom is 0.408 e. The molecule has 1 amide bonds. The van der Waals surface area contributed by atoms with Gasteiger partial charge in [-0.3, -0.25) is 0 Å². The molecular formula is C24H31NO4S. The Morgan fingerprint density at radius 3 is 2.13 bits per heavy atom. The number of thioether (sulfide) groups is 1. The molecule has 30 heavy (non-hydrogen) atoms. The number of aryl methyl sites for hydroxylation is 1. The van der Waals surface area contributed by atoms with Crippen LogP contribution < -0.4 is 5.32 Å². The first-order valence-corrected chi connectivity index (χ1v) is 10.9. The van der Waals surface area contributed by atoms with E-state index in [9.17, 15) is 9.59 Å². The zero-order valence-electron chi connectivity index (χ0n) is 18.5. The molecule has 0 radical (unpaired) electrons. The van der Waals surface area contributed by atoms with Gasteiger partial charge in [-0.1, -0.05) is 48.0 Å². The van der Waals surface area contributed by atoms with Crippen molar-refractivity contribution >= 4 is 23.8 Å². The van der Waals surface area contributed by atoms with Gasteiger partial charge in [0, 0.05) is 4.90 Å². The minimum absolute atomic E-state index is 0.0920. The zero-order valence-corrected chi connectivity index (χ0v) is 19.3. The van der Waals surface area contributed by atoms with Crippen molar-refractivity contribution in [3.05, 3.63) is 65.7 Å². The lowest BCUT2D eigenvalue weighted by Gasteiger charge is -2.26. The largest absolute Gasteiger partial charge is 0.460 e. The second kappa shape index (κ2) is 10.5. The molecule has 0 bridgehead atoms. The van der Waals surface area contributed by atoms with E-state index in [1.807, 2.05) is 44.2 Å². The predicted molar refractivity (Wildman–Crippen MR) is 121 cm³/mol. The monoisotopic (exact) mass is 429 g/mol. The van der Waals surface area contributed by atoms with Crippen LogP contribution in [0.25, 0.3) is 0 Å². The quantitative estimate of drug-likeness (QED) is 0.453. The molecule has 0 saturated heterocycles. The van der Waals surface area contributed by atoms with Gasteiger partial charge in [0.05, 0.1) is 5.25 Å². The van der Waals surface area contributed by atoms with Crippen LogP contribution >= 0.6 is 11.8 Å². The van der Waals surface area contributed by atoms with E-state index in [2.05, 4.69) is 29.6 Å². The van der Waals surface area contributed by atoms with Gasteiger partial charge in [0.25, 0.3) is 0 Å². The lowest BCUT2D eigenvalue weighted by atomic mass is 10.1. The Bertz CT molecular complexity index is 831. The minimum Gasteiger partial charge on any atom is -0.460 e. The highest BCUT2D eigenvalue weighted by Crippen LogP contribution is 2.39. The zero-order chi connectivity index (χ0) is 22.3. The van der Waals surface area contributed by atoms with Gasteiger partial charge in [0.15, 0.2) is 0 Å². The van der Waals surface area contributed by atoms with Gasteiger partial charge >= 0.3 is 12.1 Å². The van der Waals surface area contributed by atoms with Crippen molar-refractivity contribution in [3.63, 3.8) is 0 Å². The number of esters is 1. The normalized spacial score (nSPS) is 14.3. The summed E-state index contributed by atoms with van der Waals surface area (Å²) >= 11 is 1.64.